The summed E-state index contributed by atoms with van der Waals surface area (Å²) in [7, 11) is 0. The minimum atomic E-state index is 0.850. The molecule has 1 aromatic rings. The molecule has 174 valence electrons. The Morgan fingerprint density at radius 1 is 0.968 bits per heavy atom. The van der Waals surface area contributed by atoms with Gasteiger partial charge in [0.1, 0.15) is 0 Å². The van der Waals surface area contributed by atoms with Crippen LogP contribution in [-0.2, 0) is 6.42 Å². The number of piperidine rings is 1. The summed E-state index contributed by atoms with van der Waals surface area (Å²) in [6.07, 6.45) is 13.4. The zero-order chi connectivity index (χ0) is 21.9. The Morgan fingerprint density at radius 2 is 1.68 bits per heavy atom. The number of benzene rings is 1. The number of nitrogens with one attached hydrogen (secondary N) is 1. The predicted octanol–water partition coefficient (Wildman–Crippen LogP) is 5.88. The van der Waals surface area contributed by atoms with E-state index in [4.69, 9.17) is 0 Å². The summed E-state index contributed by atoms with van der Waals surface area (Å²) in [5, 5.41) is 3.55. The number of likely N-dealkylation sites (tertiary alicyclic amines) is 2. The number of hydrogen-bond acceptors (Lipinski definition) is 3. The van der Waals surface area contributed by atoms with Crippen LogP contribution in [0.15, 0.2) is 24.8 Å². The summed E-state index contributed by atoms with van der Waals surface area (Å²) in [5.74, 6) is 0.850. The monoisotopic (exact) mass is 425 g/mol. The van der Waals surface area contributed by atoms with Crippen LogP contribution in [0.5, 0.6) is 0 Å². The molecule has 2 aliphatic heterocycles. The zero-order valence-corrected chi connectivity index (χ0v) is 20.4. The normalized spacial score (nSPS) is 18.5. The van der Waals surface area contributed by atoms with Crippen molar-refractivity contribution in [1.82, 2.24) is 15.1 Å². The van der Waals surface area contributed by atoms with Crippen LogP contribution in [0.25, 0.3) is 5.70 Å². The molecule has 3 heteroatoms. The second-order valence-corrected chi connectivity index (χ2v) is 10.00. The van der Waals surface area contributed by atoms with Gasteiger partial charge < -0.3 is 15.1 Å². The van der Waals surface area contributed by atoms with Crippen molar-refractivity contribution in [3.8, 4) is 0 Å². The van der Waals surface area contributed by atoms with Crippen molar-refractivity contribution in [2.45, 2.75) is 78.1 Å². The molecule has 0 spiro atoms. The van der Waals surface area contributed by atoms with E-state index in [1.807, 2.05) is 0 Å². The Hall–Kier alpha value is -1.32. The van der Waals surface area contributed by atoms with E-state index in [0.717, 1.165) is 18.2 Å². The van der Waals surface area contributed by atoms with Gasteiger partial charge in [-0.3, -0.25) is 0 Å². The molecule has 1 aromatic carbocycles. The lowest BCUT2D eigenvalue weighted by Gasteiger charge is -2.32. The van der Waals surface area contributed by atoms with E-state index < -0.39 is 0 Å². The highest BCUT2D eigenvalue weighted by atomic mass is 15.1. The lowest BCUT2D eigenvalue weighted by atomic mass is 9.88. The fourth-order valence-corrected chi connectivity index (χ4v) is 5.25. The van der Waals surface area contributed by atoms with E-state index in [0.29, 0.717) is 0 Å². The van der Waals surface area contributed by atoms with Crippen molar-refractivity contribution >= 4 is 5.70 Å². The van der Waals surface area contributed by atoms with Gasteiger partial charge in [0.25, 0.3) is 0 Å². The van der Waals surface area contributed by atoms with Crippen molar-refractivity contribution in [1.29, 1.82) is 0 Å². The largest absolute Gasteiger partial charge is 0.385 e. The van der Waals surface area contributed by atoms with Gasteiger partial charge in [-0.15, -0.1) is 0 Å². The fraction of sp³-hybridized carbons (Fsp3) is 0.714. The molecule has 2 fully saturated rings. The van der Waals surface area contributed by atoms with Crippen LogP contribution in [0, 0.1) is 12.8 Å². The quantitative estimate of drug-likeness (QED) is 0.398. The number of aryl methyl sites for hydroxylation is 1. The smallest absolute Gasteiger partial charge is 0.0340 e. The maximum atomic E-state index is 4.29. The number of unbranched alkanes of at least 4 members (excludes halogenated alkanes) is 3. The van der Waals surface area contributed by atoms with E-state index in [9.17, 15) is 0 Å². The van der Waals surface area contributed by atoms with Gasteiger partial charge in [-0.1, -0.05) is 44.9 Å². The van der Waals surface area contributed by atoms with Gasteiger partial charge in [-0.05, 0) is 120 Å². The standard InChI is InChI=1S/C28H47N3/c1-4-5-6-7-16-31-20-13-26(14-21-31)23-27-11-12-28(22-24(27)2)25(3)29-15-10-19-30-17-8-9-18-30/h11-12,22,26,29H,3-10,13-21,23H2,1-2H3. The Kier molecular flexibility index (Phi) is 10.4. The van der Waals surface area contributed by atoms with E-state index in [2.05, 4.69) is 53.7 Å². The highest BCUT2D eigenvalue weighted by molar-refractivity contribution is 5.62. The van der Waals surface area contributed by atoms with Crippen LogP contribution >= 0.6 is 0 Å². The molecule has 0 saturated carbocycles. The maximum absolute atomic E-state index is 4.29. The summed E-state index contributed by atoms with van der Waals surface area (Å²) >= 11 is 0. The van der Waals surface area contributed by atoms with Crippen molar-refractivity contribution in [2.24, 2.45) is 5.92 Å². The molecular formula is C28H47N3. The molecule has 0 amide bonds. The van der Waals surface area contributed by atoms with Crippen molar-refractivity contribution in [3.63, 3.8) is 0 Å². The summed E-state index contributed by atoms with van der Waals surface area (Å²) in [6, 6.07) is 6.98. The lowest BCUT2D eigenvalue weighted by molar-refractivity contribution is 0.181. The highest BCUT2D eigenvalue weighted by Gasteiger charge is 2.20. The van der Waals surface area contributed by atoms with E-state index in [1.165, 1.54) is 120 Å². The van der Waals surface area contributed by atoms with Crippen LogP contribution in [0.3, 0.4) is 0 Å². The number of rotatable bonds is 13. The van der Waals surface area contributed by atoms with Crippen LogP contribution in [0.4, 0.5) is 0 Å². The zero-order valence-electron chi connectivity index (χ0n) is 20.4. The summed E-state index contributed by atoms with van der Waals surface area (Å²) < 4.78 is 0. The molecule has 2 heterocycles. The van der Waals surface area contributed by atoms with Crippen LogP contribution in [-0.4, -0.2) is 55.6 Å². The molecule has 31 heavy (non-hydrogen) atoms. The Labute approximate surface area is 192 Å². The molecule has 0 bridgehead atoms. The van der Waals surface area contributed by atoms with Crippen LogP contribution in [0.2, 0.25) is 0 Å². The van der Waals surface area contributed by atoms with Crippen molar-refractivity contribution < 1.29 is 0 Å². The molecule has 3 nitrogen and oxygen atoms in total. The Bertz CT molecular complexity index is 654. The maximum Gasteiger partial charge on any atom is 0.0340 e. The average Bonchev–Trinajstić information content (AvgIpc) is 3.30. The molecule has 0 aliphatic carbocycles. The molecule has 3 rings (SSSR count). The molecule has 0 aromatic heterocycles. The first-order valence-electron chi connectivity index (χ1n) is 13.1. The summed E-state index contributed by atoms with van der Waals surface area (Å²) in [5.41, 5.74) is 5.29. The predicted molar refractivity (Wildman–Crippen MR) is 136 cm³/mol. The first kappa shape index (κ1) is 24.3. The first-order valence-corrected chi connectivity index (χ1v) is 13.1. The topological polar surface area (TPSA) is 18.5 Å². The SMILES string of the molecule is C=C(NCCCN1CCCC1)c1ccc(CC2CCN(CCCCCC)CC2)c(C)c1. The molecule has 0 unspecified atom stereocenters. The Balaban J connectivity index is 1.36. The minimum Gasteiger partial charge on any atom is -0.385 e. The van der Waals surface area contributed by atoms with E-state index in [1.54, 1.807) is 0 Å². The third-order valence-electron chi connectivity index (χ3n) is 7.42. The Morgan fingerprint density at radius 3 is 2.39 bits per heavy atom. The summed E-state index contributed by atoms with van der Waals surface area (Å²) in [4.78, 5) is 5.28. The van der Waals surface area contributed by atoms with Gasteiger partial charge in [0, 0.05) is 12.2 Å². The van der Waals surface area contributed by atoms with Gasteiger partial charge in [-0.2, -0.15) is 0 Å². The molecule has 0 radical (unpaired) electrons. The summed E-state index contributed by atoms with van der Waals surface area (Å²) in [6.45, 7) is 17.6. The second-order valence-electron chi connectivity index (χ2n) is 10.00. The highest BCUT2D eigenvalue weighted by Crippen LogP contribution is 2.25. The molecule has 0 atom stereocenters. The fourth-order valence-electron chi connectivity index (χ4n) is 5.25. The van der Waals surface area contributed by atoms with Gasteiger partial charge in [0.2, 0.25) is 0 Å². The molecule has 2 aliphatic rings. The van der Waals surface area contributed by atoms with Gasteiger partial charge in [0.05, 0.1) is 0 Å². The second kappa shape index (κ2) is 13.3. The van der Waals surface area contributed by atoms with Crippen molar-refractivity contribution in [2.75, 3.05) is 45.8 Å². The minimum absolute atomic E-state index is 0.850. The van der Waals surface area contributed by atoms with Gasteiger partial charge in [-0.25, -0.2) is 0 Å². The van der Waals surface area contributed by atoms with E-state index >= 15 is 0 Å². The van der Waals surface area contributed by atoms with E-state index in [-0.39, 0.29) is 0 Å². The average molecular weight is 426 g/mol. The number of hydrogen-bond donors (Lipinski definition) is 1. The third-order valence-corrected chi connectivity index (χ3v) is 7.42. The van der Waals surface area contributed by atoms with Gasteiger partial charge >= 0.3 is 0 Å². The molecular weight excluding hydrogens is 378 g/mol. The number of nitrogens with zero attached hydrogens (tertiary/aromatic N) is 2. The molecule has 2 saturated heterocycles. The first-order chi connectivity index (χ1) is 15.2. The van der Waals surface area contributed by atoms with Crippen LogP contribution in [0.1, 0.15) is 81.4 Å². The molecule has 1 N–H and O–H groups in total. The van der Waals surface area contributed by atoms with Crippen LogP contribution < -0.4 is 5.32 Å². The van der Waals surface area contributed by atoms with Crippen molar-refractivity contribution in [3.05, 3.63) is 41.5 Å². The lowest BCUT2D eigenvalue weighted by Crippen LogP contribution is -2.35. The third kappa shape index (κ3) is 8.27. The van der Waals surface area contributed by atoms with Gasteiger partial charge in [0.15, 0.2) is 0 Å².